The number of aryl methyl sites for hydroxylation is 1. The number of nitro groups is 1. The van der Waals surface area contributed by atoms with Gasteiger partial charge in [-0.05, 0) is 55.7 Å². The maximum absolute atomic E-state index is 14.3. The molecule has 0 radical (unpaired) electrons. The maximum atomic E-state index is 14.3. The van der Waals surface area contributed by atoms with Crippen LogP contribution >= 0.6 is 15.9 Å². The van der Waals surface area contributed by atoms with Crippen LogP contribution in [0.4, 0.5) is 5.69 Å². The lowest BCUT2D eigenvalue weighted by Gasteiger charge is -2.41. The summed E-state index contributed by atoms with van der Waals surface area (Å²) in [5, 5.41) is 11.3. The summed E-state index contributed by atoms with van der Waals surface area (Å²) in [6, 6.07) is 17.7. The van der Waals surface area contributed by atoms with Crippen molar-refractivity contribution in [3.8, 4) is 0 Å². The predicted octanol–water partition coefficient (Wildman–Crippen LogP) is 6.03. The van der Waals surface area contributed by atoms with Gasteiger partial charge in [-0.15, -0.1) is 0 Å². The molecule has 0 saturated heterocycles. The van der Waals surface area contributed by atoms with Crippen molar-refractivity contribution in [2.75, 3.05) is 6.61 Å². The van der Waals surface area contributed by atoms with Crippen LogP contribution in [0.3, 0.4) is 0 Å². The second-order valence-corrected chi connectivity index (χ2v) is 11.3. The molecule has 0 amide bonds. The van der Waals surface area contributed by atoms with Crippen LogP contribution in [-0.4, -0.2) is 30.2 Å². The second kappa shape index (κ2) is 11.0. The summed E-state index contributed by atoms with van der Waals surface area (Å²) >= 11 is 3.47. The van der Waals surface area contributed by atoms with Crippen molar-refractivity contribution in [3.63, 3.8) is 0 Å². The van der Waals surface area contributed by atoms with Crippen molar-refractivity contribution in [2.24, 2.45) is 0 Å². The molecular weight excluding hydrogens is 560 g/mol. The van der Waals surface area contributed by atoms with Crippen LogP contribution in [0, 0.1) is 17.0 Å². The number of nitrogens with zero attached hydrogens (tertiary/aromatic N) is 2. The minimum atomic E-state index is -4.16. The van der Waals surface area contributed by atoms with E-state index in [0.29, 0.717) is 5.56 Å². The van der Waals surface area contributed by atoms with Gasteiger partial charge >= 0.3 is 5.97 Å². The Labute approximate surface area is 223 Å². The molecule has 8 nitrogen and oxygen atoms in total. The lowest BCUT2D eigenvalue weighted by Crippen LogP contribution is -2.42. The van der Waals surface area contributed by atoms with Crippen molar-refractivity contribution < 1.29 is 22.9 Å². The molecule has 0 unspecified atom stereocenters. The topological polar surface area (TPSA) is 107 Å². The average Bonchev–Trinajstić information content (AvgIpc) is 2.88. The molecule has 2 atom stereocenters. The molecule has 3 aromatic carbocycles. The maximum Gasteiger partial charge on any atom is 0.335 e. The van der Waals surface area contributed by atoms with E-state index in [-0.39, 0.29) is 29.2 Å². The Balaban J connectivity index is 1.97. The molecule has 0 aromatic heterocycles. The van der Waals surface area contributed by atoms with Gasteiger partial charge in [-0.1, -0.05) is 64.0 Å². The molecular formula is C27H25BrN2O6S. The zero-order valence-electron chi connectivity index (χ0n) is 20.2. The van der Waals surface area contributed by atoms with Crippen molar-refractivity contribution in [1.82, 2.24) is 4.31 Å². The summed E-state index contributed by atoms with van der Waals surface area (Å²) in [6.07, 6.45) is 1.94. The number of nitro benzene ring substituents is 1. The summed E-state index contributed by atoms with van der Waals surface area (Å²) in [4.78, 5) is 23.9. The molecule has 0 aliphatic carbocycles. The molecule has 0 N–H and O–H groups in total. The lowest BCUT2D eigenvalue weighted by molar-refractivity contribution is -0.384. The number of halogens is 1. The fraction of sp³-hybridized carbons (Fsp3) is 0.222. The van der Waals surface area contributed by atoms with E-state index in [4.69, 9.17) is 4.74 Å². The second-order valence-electron chi connectivity index (χ2n) is 8.59. The minimum absolute atomic E-state index is 0.0788. The van der Waals surface area contributed by atoms with Crippen molar-refractivity contribution in [1.29, 1.82) is 0 Å². The predicted molar refractivity (Wildman–Crippen MR) is 142 cm³/mol. The van der Waals surface area contributed by atoms with E-state index in [2.05, 4.69) is 15.9 Å². The first-order valence-electron chi connectivity index (χ1n) is 11.6. The largest absolute Gasteiger partial charge is 0.463 e. The monoisotopic (exact) mass is 584 g/mol. The van der Waals surface area contributed by atoms with Crippen molar-refractivity contribution in [3.05, 3.63) is 116 Å². The normalized spacial score (nSPS) is 18.2. The number of non-ortho nitro benzene ring substituents is 1. The molecule has 0 spiro atoms. The first-order chi connectivity index (χ1) is 17.6. The van der Waals surface area contributed by atoms with E-state index >= 15 is 0 Å². The number of sulfonamides is 1. The van der Waals surface area contributed by atoms with Gasteiger partial charge in [-0.25, -0.2) is 13.2 Å². The number of hydrogen-bond acceptors (Lipinski definition) is 6. The number of carbonyl (C=O) groups is 1. The highest BCUT2D eigenvalue weighted by atomic mass is 79.9. The van der Waals surface area contributed by atoms with Gasteiger partial charge in [0.15, 0.2) is 0 Å². The summed E-state index contributed by atoms with van der Waals surface area (Å²) in [5.41, 5.74) is 2.08. The van der Waals surface area contributed by atoms with Crippen LogP contribution in [0.15, 0.2) is 93.8 Å². The molecule has 10 heteroatoms. The van der Waals surface area contributed by atoms with Gasteiger partial charge in [0.25, 0.3) is 5.69 Å². The molecule has 1 aliphatic heterocycles. The standard InChI is InChI=1S/C27H25BrN2O6S/c1-3-36-27(31)24-15-16-25(20-5-4-6-21(28)17-20)29(37(34,35)23-13-7-18(2)8-14-23)26(24)19-9-11-22(12-10-19)30(32)33/h4-15,17,25-26H,3,16H2,1-2H3/t25-,26-/m0/s1. The van der Waals surface area contributed by atoms with Gasteiger partial charge in [0.05, 0.1) is 34.1 Å². The van der Waals surface area contributed by atoms with E-state index in [0.717, 1.165) is 15.6 Å². The summed E-state index contributed by atoms with van der Waals surface area (Å²) in [6.45, 7) is 3.65. The Morgan fingerprint density at radius 1 is 1.08 bits per heavy atom. The molecule has 0 bridgehead atoms. The van der Waals surface area contributed by atoms with Crippen LogP contribution in [0.5, 0.6) is 0 Å². The third-order valence-corrected chi connectivity index (χ3v) is 8.56. The fourth-order valence-electron chi connectivity index (χ4n) is 4.42. The number of ether oxygens (including phenoxy) is 1. The summed E-state index contributed by atoms with van der Waals surface area (Å²) in [5.74, 6) is -0.636. The Morgan fingerprint density at radius 2 is 1.76 bits per heavy atom. The number of esters is 1. The average molecular weight is 585 g/mol. The number of carbonyl (C=O) groups excluding carboxylic acids is 1. The van der Waals surface area contributed by atoms with Gasteiger partial charge < -0.3 is 4.74 Å². The fourth-order valence-corrected chi connectivity index (χ4v) is 6.62. The van der Waals surface area contributed by atoms with Crippen LogP contribution < -0.4 is 0 Å². The number of benzene rings is 3. The van der Waals surface area contributed by atoms with Crippen molar-refractivity contribution >= 4 is 37.6 Å². The first kappa shape index (κ1) is 26.7. The molecule has 1 aliphatic rings. The van der Waals surface area contributed by atoms with Gasteiger partial charge in [0.2, 0.25) is 10.0 Å². The molecule has 1 heterocycles. The van der Waals surface area contributed by atoms with Gasteiger partial charge in [0, 0.05) is 16.6 Å². The highest BCUT2D eigenvalue weighted by Gasteiger charge is 2.45. The van der Waals surface area contributed by atoms with Gasteiger partial charge in [-0.3, -0.25) is 10.1 Å². The van der Waals surface area contributed by atoms with E-state index < -0.39 is 33.0 Å². The van der Waals surface area contributed by atoms with Gasteiger partial charge in [0.1, 0.15) is 0 Å². The zero-order valence-corrected chi connectivity index (χ0v) is 22.6. The molecule has 0 fully saturated rings. The van der Waals surface area contributed by atoms with Crippen LogP contribution in [-0.2, 0) is 19.6 Å². The zero-order chi connectivity index (χ0) is 26.7. The number of hydrogen-bond donors (Lipinski definition) is 0. The quantitative estimate of drug-likeness (QED) is 0.190. The highest BCUT2D eigenvalue weighted by Crippen LogP contribution is 2.46. The van der Waals surface area contributed by atoms with E-state index in [9.17, 15) is 23.3 Å². The number of rotatable bonds is 7. The van der Waals surface area contributed by atoms with Crippen LogP contribution in [0.2, 0.25) is 0 Å². The highest BCUT2D eigenvalue weighted by molar-refractivity contribution is 9.10. The van der Waals surface area contributed by atoms with E-state index in [1.807, 2.05) is 31.2 Å². The lowest BCUT2D eigenvalue weighted by atomic mass is 9.89. The molecule has 37 heavy (non-hydrogen) atoms. The van der Waals surface area contributed by atoms with Gasteiger partial charge in [-0.2, -0.15) is 4.31 Å². The Bertz CT molecular complexity index is 1450. The molecule has 192 valence electrons. The third-order valence-electron chi connectivity index (χ3n) is 6.18. The first-order valence-corrected chi connectivity index (χ1v) is 13.8. The Kier molecular flexibility index (Phi) is 7.91. The van der Waals surface area contributed by atoms with Crippen molar-refractivity contribution in [2.45, 2.75) is 37.2 Å². The Morgan fingerprint density at radius 3 is 2.35 bits per heavy atom. The van der Waals surface area contributed by atoms with E-state index in [1.165, 1.54) is 40.7 Å². The van der Waals surface area contributed by atoms with Crippen LogP contribution in [0.1, 0.15) is 42.1 Å². The third kappa shape index (κ3) is 5.51. The van der Waals surface area contributed by atoms with E-state index in [1.54, 1.807) is 25.1 Å². The molecule has 3 aromatic rings. The summed E-state index contributed by atoms with van der Waals surface area (Å²) in [7, 11) is -4.16. The SMILES string of the molecule is CCOC(=O)C1=CC[C@@H](c2cccc(Br)c2)N(S(=O)(=O)c2ccc(C)cc2)[C@H]1c1ccc([N+](=O)[O-])cc1. The molecule has 0 saturated carbocycles. The Hall–Kier alpha value is -3.34. The van der Waals surface area contributed by atoms with Crippen LogP contribution in [0.25, 0.3) is 0 Å². The smallest absolute Gasteiger partial charge is 0.335 e. The minimum Gasteiger partial charge on any atom is -0.463 e. The molecule has 4 rings (SSSR count). The summed E-state index contributed by atoms with van der Waals surface area (Å²) < 4.78 is 36.0.